The van der Waals surface area contributed by atoms with Gasteiger partial charge in [0.05, 0.1) is 6.54 Å². The number of benzene rings is 1. The lowest BCUT2D eigenvalue weighted by Gasteiger charge is -2.18. The van der Waals surface area contributed by atoms with E-state index < -0.39 is 0 Å². The molecule has 1 atom stereocenters. The monoisotopic (exact) mass is 295 g/mol. The fourth-order valence-corrected chi connectivity index (χ4v) is 2.00. The van der Waals surface area contributed by atoms with Crippen molar-refractivity contribution in [2.24, 2.45) is 4.99 Å². The van der Waals surface area contributed by atoms with Gasteiger partial charge in [0.2, 0.25) is 0 Å². The Morgan fingerprint density at radius 1 is 1.40 bits per heavy atom. The highest BCUT2D eigenvalue weighted by molar-refractivity contribution is 7.98. The van der Waals surface area contributed by atoms with Gasteiger partial charge in [-0.3, -0.25) is 4.99 Å². The van der Waals surface area contributed by atoms with E-state index in [1.54, 1.807) is 7.05 Å². The van der Waals surface area contributed by atoms with Crippen molar-refractivity contribution in [3.05, 3.63) is 29.8 Å². The zero-order chi connectivity index (χ0) is 14.8. The first-order chi connectivity index (χ1) is 9.65. The number of nitrogens with one attached hydrogen (secondary N) is 2. The molecule has 0 amide bonds. The molecule has 1 unspecified atom stereocenters. The molecule has 2 N–H and O–H groups in total. The first-order valence-electron chi connectivity index (χ1n) is 6.82. The van der Waals surface area contributed by atoms with Gasteiger partial charge in [-0.05, 0) is 37.8 Å². The molecule has 0 radical (unpaired) electrons. The summed E-state index contributed by atoms with van der Waals surface area (Å²) in [6.07, 6.45) is 2.17. The number of hydrogen-bond donors (Lipinski definition) is 2. The molecule has 0 bridgehead atoms. The van der Waals surface area contributed by atoms with Crippen LogP contribution < -0.4 is 15.4 Å². The second-order valence-corrected chi connectivity index (χ2v) is 5.60. The van der Waals surface area contributed by atoms with Crippen LogP contribution in [0.4, 0.5) is 0 Å². The number of thioether (sulfide) groups is 1. The van der Waals surface area contributed by atoms with Crippen LogP contribution in [0.2, 0.25) is 0 Å². The van der Waals surface area contributed by atoms with E-state index in [1.165, 1.54) is 5.56 Å². The quantitative estimate of drug-likeness (QED) is 0.460. The first-order valence-corrected chi connectivity index (χ1v) is 8.22. The fourth-order valence-electron chi connectivity index (χ4n) is 1.70. The molecule has 1 aromatic carbocycles. The lowest BCUT2D eigenvalue weighted by Crippen LogP contribution is -2.42. The topological polar surface area (TPSA) is 45.7 Å². The maximum absolute atomic E-state index is 5.87. The molecule has 0 saturated carbocycles. The molecule has 5 heteroatoms. The SMILES string of the molecule is CN=C(NCCSC)NCC(C)Oc1cccc(C)c1. The Bertz CT molecular complexity index is 423. The van der Waals surface area contributed by atoms with Crippen LogP contribution in [0.1, 0.15) is 12.5 Å². The van der Waals surface area contributed by atoms with Crippen LogP contribution in [0.3, 0.4) is 0 Å². The van der Waals surface area contributed by atoms with E-state index in [0.29, 0.717) is 6.54 Å². The minimum Gasteiger partial charge on any atom is -0.489 e. The second-order valence-electron chi connectivity index (χ2n) is 4.62. The van der Waals surface area contributed by atoms with Gasteiger partial charge < -0.3 is 15.4 Å². The first kappa shape index (κ1) is 16.7. The summed E-state index contributed by atoms with van der Waals surface area (Å²) in [6, 6.07) is 8.10. The third-order valence-electron chi connectivity index (χ3n) is 2.71. The standard InChI is InChI=1S/C15H25N3OS/c1-12-6-5-7-14(10-12)19-13(2)11-18-15(16-3)17-8-9-20-4/h5-7,10,13H,8-9,11H2,1-4H3,(H2,16,17,18). The zero-order valence-electron chi connectivity index (χ0n) is 12.8. The van der Waals surface area contributed by atoms with Crippen LogP contribution in [0.25, 0.3) is 0 Å². The van der Waals surface area contributed by atoms with Gasteiger partial charge in [0.25, 0.3) is 0 Å². The van der Waals surface area contributed by atoms with Crippen molar-refractivity contribution in [2.75, 3.05) is 32.1 Å². The smallest absolute Gasteiger partial charge is 0.191 e. The van der Waals surface area contributed by atoms with E-state index in [1.807, 2.05) is 36.9 Å². The third-order valence-corrected chi connectivity index (χ3v) is 3.32. The lowest BCUT2D eigenvalue weighted by molar-refractivity contribution is 0.223. The molecule has 0 spiro atoms. The van der Waals surface area contributed by atoms with Crippen molar-refractivity contribution in [3.63, 3.8) is 0 Å². The van der Waals surface area contributed by atoms with Crippen molar-refractivity contribution in [1.29, 1.82) is 0 Å². The van der Waals surface area contributed by atoms with Crippen LogP contribution in [0.5, 0.6) is 5.75 Å². The van der Waals surface area contributed by atoms with Gasteiger partial charge in [0.15, 0.2) is 5.96 Å². The molecule has 0 saturated heterocycles. The molecule has 0 heterocycles. The third kappa shape index (κ3) is 6.70. The Hall–Kier alpha value is -1.36. The fraction of sp³-hybridized carbons (Fsp3) is 0.533. The minimum atomic E-state index is 0.0795. The summed E-state index contributed by atoms with van der Waals surface area (Å²) in [4.78, 5) is 4.18. The zero-order valence-corrected chi connectivity index (χ0v) is 13.6. The molecule has 112 valence electrons. The van der Waals surface area contributed by atoms with Gasteiger partial charge in [0, 0.05) is 19.3 Å². The normalized spacial score (nSPS) is 12.9. The average Bonchev–Trinajstić information content (AvgIpc) is 2.42. The summed E-state index contributed by atoms with van der Waals surface area (Å²) < 4.78 is 5.87. The number of nitrogens with zero attached hydrogens (tertiary/aromatic N) is 1. The van der Waals surface area contributed by atoms with Crippen molar-refractivity contribution in [1.82, 2.24) is 10.6 Å². The lowest BCUT2D eigenvalue weighted by atomic mass is 10.2. The summed E-state index contributed by atoms with van der Waals surface area (Å²) in [5.41, 5.74) is 1.21. The van der Waals surface area contributed by atoms with Gasteiger partial charge in [-0.15, -0.1) is 0 Å². The summed E-state index contributed by atoms with van der Waals surface area (Å²) >= 11 is 1.81. The van der Waals surface area contributed by atoms with Gasteiger partial charge in [-0.25, -0.2) is 0 Å². The number of ether oxygens (including phenoxy) is 1. The molecule has 4 nitrogen and oxygen atoms in total. The van der Waals surface area contributed by atoms with E-state index in [9.17, 15) is 0 Å². The van der Waals surface area contributed by atoms with Gasteiger partial charge in [-0.1, -0.05) is 12.1 Å². The molecule has 0 aliphatic heterocycles. The Labute approximate surface area is 126 Å². The number of hydrogen-bond acceptors (Lipinski definition) is 3. The average molecular weight is 295 g/mol. The van der Waals surface area contributed by atoms with Crippen LogP contribution in [-0.2, 0) is 0 Å². The summed E-state index contributed by atoms with van der Waals surface area (Å²) in [6.45, 7) is 5.73. The van der Waals surface area contributed by atoms with Crippen LogP contribution in [0.15, 0.2) is 29.3 Å². The Morgan fingerprint density at radius 2 is 2.20 bits per heavy atom. The second kappa shape index (κ2) is 9.53. The highest BCUT2D eigenvalue weighted by atomic mass is 32.2. The molecular weight excluding hydrogens is 270 g/mol. The molecule has 1 aromatic rings. The predicted octanol–water partition coefficient (Wildman–Crippen LogP) is 2.29. The Balaban J connectivity index is 2.33. The van der Waals surface area contributed by atoms with Crippen LogP contribution in [0, 0.1) is 6.92 Å². The van der Waals surface area contributed by atoms with Gasteiger partial charge >= 0.3 is 0 Å². The molecule has 0 aliphatic carbocycles. The van der Waals surface area contributed by atoms with Crippen LogP contribution in [-0.4, -0.2) is 44.2 Å². The molecule has 0 aromatic heterocycles. The van der Waals surface area contributed by atoms with Crippen molar-refractivity contribution >= 4 is 17.7 Å². The van der Waals surface area contributed by atoms with E-state index in [-0.39, 0.29) is 6.10 Å². The molecule has 1 rings (SSSR count). The van der Waals surface area contributed by atoms with Gasteiger partial charge in [0.1, 0.15) is 11.9 Å². The van der Waals surface area contributed by atoms with E-state index >= 15 is 0 Å². The number of aryl methyl sites for hydroxylation is 1. The molecule has 0 fully saturated rings. The minimum absolute atomic E-state index is 0.0795. The molecule has 20 heavy (non-hydrogen) atoms. The van der Waals surface area contributed by atoms with Crippen molar-refractivity contribution < 1.29 is 4.74 Å². The summed E-state index contributed by atoms with van der Waals surface area (Å²) in [7, 11) is 1.78. The number of rotatable bonds is 7. The largest absolute Gasteiger partial charge is 0.489 e. The van der Waals surface area contributed by atoms with Crippen LogP contribution >= 0.6 is 11.8 Å². The number of guanidine groups is 1. The highest BCUT2D eigenvalue weighted by Gasteiger charge is 2.05. The summed E-state index contributed by atoms with van der Waals surface area (Å²) in [5, 5.41) is 6.53. The van der Waals surface area contributed by atoms with Crippen molar-refractivity contribution in [3.8, 4) is 5.75 Å². The maximum Gasteiger partial charge on any atom is 0.191 e. The highest BCUT2D eigenvalue weighted by Crippen LogP contribution is 2.13. The Kier molecular flexibility index (Phi) is 7.95. The van der Waals surface area contributed by atoms with E-state index in [2.05, 4.69) is 34.9 Å². The Morgan fingerprint density at radius 3 is 2.85 bits per heavy atom. The van der Waals surface area contributed by atoms with Gasteiger partial charge in [-0.2, -0.15) is 11.8 Å². The molecular formula is C15H25N3OS. The maximum atomic E-state index is 5.87. The number of aliphatic imine (C=N–C) groups is 1. The van der Waals surface area contributed by atoms with E-state index in [0.717, 1.165) is 24.0 Å². The van der Waals surface area contributed by atoms with Crippen molar-refractivity contribution in [2.45, 2.75) is 20.0 Å². The summed E-state index contributed by atoms with van der Waals surface area (Å²) in [5.74, 6) is 2.79. The molecule has 0 aliphatic rings. The van der Waals surface area contributed by atoms with E-state index in [4.69, 9.17) is 4.74 Å². The predicted molar refractivity (Wildman–Crippen MR) is 89.0 cm³/mol.